The van der Waals surface area contributed by atoms with Crippen LogP contribution in [0.3, 0.4) is 0 Å². The molecule has 1 aliphatic heterocycles. The highest BCUT2D eigenvalue weighted by molar-refractivity contribution is 4.95. The van der Waals surface area contributed by atoms with Crippen LogP contribution < -0.4 is 5.32 Å². The van der Waals surface area contributed by atoms with Gasteiger partial charge in [0.1, 0.15) is 0 Å². The lowest BCUT2D eigenvalue weighted by molar-refractivity contribution is 0.102. The molecule has 1 rings (SSSR count). The first-order chi connectivity index (χ1) is 8.62. The van der Waals surface area contributed by atoms with Gasteiger partial charge in [-0.1, -0.05) is 39.5 Å². The highest BCUT2D eigenvalue weighted by Crippen LogP contribution is 2.27. The molecule has 18 heavy (non-hydrogen) atoms. The first-order valence-electron chi connectivity index (χ1n) is 8.11. The number of nitrogens with zero attached hydrogens (tertiary/aromatic N) is 1. The van der Waals surface area contributed by atoms with Crippen LogP contribution in [0.1, 0.15) is 72.6 Å². The van der Waals surface area contributed by atoms with Gasteiger partial charge in [-0.25, -0.2) is 0 Å². The topological polar surface area (TPSA) is 15.3 Å². The number of nitrogens with one attached hydrogen (secondary N) is 1. The van der Waals surface area contributed by atoms with Crippen molar-refractivity contribution in [1.29, 1.82) is 0 Å². The van der Waals surface area contributed by atoms with E-state index in [1.54, 1.807) is 0 Å². The van der Waals surface area contributed by atoms with E-state index < -0.39 is 0 Å². The quantitative estimate of drug-likeness (QED) is 0.629. The molecular weight excluding hydrogens is 220 g/mol. The summed E-state index contributed by atoms with van der Waals surface area (Å²) >= 11 is 0. The Morgan fingerprint density at radius 2 is 1.72 bits per heavy atom. The Bertz CT molecular complexity index is 207. The Balaban J connectivity index is 2.47. The van der Waals surface area contributed by atoms with Gasteiger partial charge in [0, 0.05) is 11.6 Å². The van der Waals surface area contributed by atoms with Gasteiger partial charge in [-0.2, -0.15) is 0 Å². The number of likely N-dealkylation sites (N-methyl/N-ethyl adjacent to an activating group) is 1. The molecule has 108 valence electrons. The van der Waals surface area contributed by atoms with Gasteiger partial charge >= 0.3 is 0 Å². The molecule has 1 heterocycles. The van der Waals surface area contributed by atoms with E-state index >= 15 is 0 Å². The predicted molar refractivity (Wildman–Crippen MR) is 81.1 cm³/mol. The smallest absolute Gasteiger partial charge is 0.0306 e. The summed E-state index contributed by atoms with van der Waals surface area (Å²) in [5, 5.41) is 3.74. The van der Waals surface area contributed by atoms with Crippen molar-refractivity contribution in [3.8, 4) is 0 Å². The minimum Gasteiger partial charge on any atom is -0.312 e. The molecule has 0 aromatic heterocycles. The highest BCUT2D eigenvalue weighted by Gasteiger charge is 2.35. The van der Waals surface area contributed by atoms with Gasteiger partial charge in [-0.3, -0.25) is 4.90 Å². The minimum atomic E-state index is 0.318. The number of likely N-dealkylation sites (tertiary alicyclic amines) is 1. The Morgan fingerprint density at radius 1 is 1.06 bits per heavy atom. The molecule has 0 aliphatic carbocycles. The Hall–Kier alpha value is -0.0800. The van der Waals surface area contributed by atoms with Crippen LogP contribution in [0.25, 0.3) is 0 Å². The van der Waals surface area contributed by atoms with Gasteiger partial charge in [0.25, 0.3) is 0 Å². The van der Waals surface area contributed by atoms with Crippen molar-refractivity contribution in [2.45, 2.75) is 84.2 Å². The summed E-state index contributed by atoms with van der Waals surface area (Å²) in [4.78, 5) is 2.69. The van der Waals surface area contributed by atoms with E-state index in [4.69, 9.17) is 0 Å². The van der Waals surface area contributed by atoms with E-state index in [0.717, 1.165) is 6.54 Å². The SMILES string of the molecule is CCCCCCC(NCC)C(C)(C)N1CCCC1. The molecule has 1 fully saturated rings. The highest BCUT2D eigenvalue weighted by atomic mass is 15.2. The fourth-order valence-corrected chi connectivity index (χ4v) is 3.24. The van der Waals surface area contributed by atoms with Crippen LogP contribution in [0, 0.1) is 0 Å². The Kier molecular flexibility index (Phi) is 7.25. The van der Waals surface area contributed by atoms with Crippen LogP contribution in [0.2, 0.25) is 0 Å². The fraction of sp³-hybridized carbons (Fsp3) is 1.00. The third-order valence-corrected chi connectivity index (χ3v) is 4.57. The second kappa shape index (κ2) is 8.16. The van der Waals surface area contributed by atoms with E-state index in [-0.39, 0.29) is 0 Å². The monoisotopic (exact) mass is 254 g/mol. The van der Waals surface area contributed by atoms with Crippen LogP contribution in [-0.4, -0.2) is 36.1 Å². The largest absolute Gasteiger partial charge is 0.312 e. The van der Waals surface area contributed by atoms with Crippen molar-refractivity contribution in [3.63, 3.8) is 0 Å². The van der Waals surface area contributed by atoms with Gasteiger partial charge in [0.2, 0.25) is 0 Å². The van der Waals surface area contributed by atoms with Crippen LogP contribution in [0.4, 0.5) is 0 Å². The number of hydrogen-bond donors (Lipinski definition) is 1. The van der Waals surface area contributed by atoms with Crippen molar-refractivity contribution in [1.82, 2.24) is 10.2 Å². The molecule has 0 bridgehead atoms. The van der Waals surface area contributed by atoms with Gasteiger partial charge in [-0.15, -0.1) is 0 Å². The van der Waals surface area contributed by atoms with Crippen molar-refractivity contribution < 1.29 is 0 Å². The van der Waals surface area contributed by atoms with Crippen molar-refractivity contribution in [3.05, 3.63) is 0 Å². The van der Waals surface area contributed by atoms with Crippen LogP contribution >= 0.6 is 0 Å². The number of unbranched alkanes of at least 4 members (excludes halogenated alkanes) is 3. The van der Waals surface area contributed by atoms with E-state index in [0.29, 0.717) is 11.6 Å². The second-order valence-corrected chi connectivity index (χ2v) is 6.31. The van der Waals surface area contributed by atoms with E-state index in [2.05, 4.69) is 37.9 Å². The molecule has 0 spiro atoms. The number of rotatable bonds is 9. The lowest BCUT2D eigenvalue weighted by Crippen LogP contribution is -2.56. The molecular formula is C16H34N2. The van der Waals surface area contributed by atoms with Crippen molar-refractivity contribution in [2.24, 2.45) is 0 Å². The third kappa shape index (κ3) is 4.55. The maximum Gasteiger partial charge on any atom is 0.0306 e. The van der Waals surface area contributed by atoms with E-state index in [1.807, 2.05) is 0 Å². The standard InChI is InChI=1S/C16H34N2/c1-5-7-8-9-12-15(17-6-2)16(3,4)18-13-10-11-14-18/h15,17H,5-14H2,1-4H3. The average Bonchev–Trinajstić information content (AvgIpc) is 2.87. The predicted octanol–water partition coefficient (Wildman–Crippen LogP) is 3.81. The van der Waals surface area contributed by atoms with Gasteiger partial charge in [0.05, 0.1) is 0 Å². The zero-order valence-corrected chi connectivity index (χ0v) is 13.1. The molecule has 0 saturated carbocycles. The molecule has 0 aromatic carbocycles. The molecule has 1 aliphatic rings. The molecule has 0 amide bonds. The third-order valence-electron chi connectivity index (χ3n) is 4.57. The summed E-state index contributed by atoms with van der Waals surface area (Å²) in [5.41, 5.74) is 0.318. The van der Waals surface area contributed by atoms with Crippen LogP contribution in [0.15, 0.2) is 0 Å². The summed E-state index contributed by atoms with van der Waals surface area (Å²) in [6.45, 7) is 13.1. The first kappa shape index (κ1) is 16.0. The molecule has 1 atom stereocenters. The molecule has 0 radical (unpaired) electrons. The molecule has 1 unspecified atom stereocenters. The Labute approximate surface area is 115 Å². The van der Waals surface area contributed by atoms with Crippen LogP contribution in [-0.2, 0) is 0 Å². The summed E-state index contributed by atoms with van der Waals surface area (Å²) in [6, 6.07) is 0.650. The van der Waals surface area contributed by atoms with Gasteiger partial charge in [0.15, 0.2) is 0 Å². The lowest BCUT2D eigenvalue weighted by Gasteiger charge is -2.42. The molecule has 2 nitrogen and oxygen atoms in total. The summed E-state index contributed by atoms with van der Waals surface area (Å²) in [5.74, 6) is 0. The first-order valence-corrected chi connectivity index (χ1v) is 8.11. The second-order valence-electron chi connectivity index (χ2n) is 6.31. The van der Waals surface area contributed by atoms with Gasteiger partial charge in [-0.05, 0) is 52.7 Å². The molecule has 2 heteroatoms. The molecule has 1 N–H and O–H groups in total. The summed E-state index contributed by atoms with van der Waals surface area (Å²) in [6.07, 6.45) is 9.61. The average molecular weight is 254 g/mol. The zero-order valence-electron chi connectivity index (χ0n) is 13.1. The summed E-state index contributed by atoms with van der Waals surface area (Å²) < 4.78 is 0. The van der Waals surface area contributed by atoms with E-state index in [1.165, 1.54) is 58.0 Å². The minimum absolute atomic E-state index is 0.318. The maximum atomic E-state index is 3.74. The van der Waals surface area contributed by atoms with Crippen molar-refractivity contribution in [2.75, 3.05) is 19.6 Å². The molecule has 1 saturated heterocycles. The maximum absolute atomic E-state index is 3.74. The fourth-order valence-electron chi connectivity index (χ4n) is 3.24. The molecule has 0 aromatic rings. The zero-order chi connectivity index (χ0) is 13.4. The van der Waals surface area contributed by atoms with Crippen molar-refractivity contribution >= 4 is 0 Å². The Morgan fingerprint density at radius 3 is 2.28 bits per heavy atom. The van der Waals surface area contributed by atoms with E-state index in [9.17, 15) is 0 Å². The van der Waals surface area contributed by atoms with Gasteiger partial charge < -0.3 is 5.32 Å². The summed E-state index contributed by atoms with van der Waals surface area (Å²) in [7, 11) is 0. The lowest BCUT2D eigenvalue weighted by atomic mass is 9.88. The normalized spacial score (nSPS) is 19.3. The van der Waals surface area contributed by atoms with Crippen LogP contribution in [0.5, 0.6) is 0 Å². The number of hydrogen-bond acceptors (Lipinski definition) is 2.